The summed E-state index contributed by atoms with van der Waals surface area (Å²) in [5, 5.41) is 31.0. The van der Waals surface area contributed by atoms with Gasteiger partial charge in [-0.25, -0.2) is 0 Å². The van der Waals surface area contributed by atoms with Crippen LogP contribution in [0.4, 0.5) is 5.69 Å². The van der Waals surface area contributed by atoms with Crippen LogP contribution >= 0.6 is 0 Å². The van der Waals surface area contributed by atoms with Crippen molar-refractivity contribution in [2.45, 2.75) is 19.8 Å². The van der Waals surface area contributed by atoms with Crippen LogP contribution in [-0.4, -0.2) is 21.2 Å². The van der Waals surface area contributed by atoms with Crippen molar-refractivity contribution in [3.8, 4) is 17.2 Å². The van der Waals surface area contributed by atoms with Gasteiger partial charge in [0, 0.05) is 24.2 Å². The largest absolute Gasteiger partial charge is 0.508 e. The molecular weight excluding hydrogens is 270 g/mol. The summed E-state index contributed by atoms with van der Waals surface area (Å²) in [6, 6.07) is 9.05. The van der Waals surface area contributed by atoms with Gasteiger partial charge in [-0.1, -0.05) is 12.1 Å². The van der Waals surface area contributed by atoms with Crippen LogP contribution in [0.5, 0.6) is 17.2 Å². The second-order valence-corrected chi connectivity index (χ2v) is 4.86. The van der Waals surface area contributed by atoms with E-state index in [2.05, 4.69) is 5.32 Å². The van der Waals surface area contributed by atoms with Crippen molar-refractivity contribution in [2.24, 2.45) is 0 Å². The molecular formula is C16H17NO4. The summed E-state index contributed by atoms with van der Waals surface area (Å²) >= 11 is 0. The van der Waals surface area contributed by atoms with E-state index >= 15 is 0 Å². The van der Waals surface area contributed by atoms with E-state index in [-0.39, 0.29) is 29.6 Å². The van der Waals surface area contributed by atoms with Crippen molar-refractivity contribution in [3.05, 3.63) is 47.5 Å². The number of aromatic hydroxyl groups is 3. The van der Waals surface area contributed by atoms with E-state index in [1.807, 2.05) is 6.92 Å². The number of amides is 1. The molecule has 0 fully saturated rings. The van der Waals surface area contributed by atoms with Crippen molar-refractivity contribution in [1.82, 2.24) is 0 Å². The van der Waals surface area contributed by atoms with Crippen molar-refractivity contribution in [1.29, 1.82) is 0 Å². The number of hydrogen-bond donors (Lipinski definition) is 4. The topological polar surface area (TPSA) is 89.8 Å². The summed E-state index contributed by atoms with van der Waals surface area (Å²) in [6.07, 6.45) is 0.545. The van der Waals surface area contributed by atoms with Gasteiger partial charge >= 0.3 is 0 Å². The molecule has 0 heterocycles. The molecule has 0 saturated heterocycles. The zero-order chi connectivity index (χ0) is 15.4. The fourth-order valence-electron chi connectivity index (χ4n) is 1.97. The molecule has 0 aliphatic rings. The first-order chi connectivity index (χ1) is 9.95. The molecule has 4 N–H and O–H groups in total. The van der Waals surface area contributed by atoms with E-state index in [9.17, 15) is 20.1 Å². The lowest BCUT2D eigenvalue weighted by Crippen LogP contribution is -2.13. The van der Waals surface area contributed by atoms with E-state index in [0.717, 1.165) is 5.56 Å². The summed E-state index contributed by atoms with van der Waals surface area (Å²) in [6.45, 7) is 1.83. The highest BCUT2D eigenvalue weighted by atomic mass is 16.3. The van der Waals surface area contributed by atoms with E-state index in [4.69, 9.17) is 0 Å². The SMILES string of the molecule is Cc1ccc(O)cc1NC(=O)CCc1ccc(O)cc1O. The van der Waals surface area contributed by atoms with E-state index in [1.165, 1.54) is 18.2 Å². The first-order valence-corrected chi connectivity index (χ1v) is 6.56. The van der Waals surface area contributed by atoms with Crippen molar-refractivity contribution in [2.75, 3.05) is 5.32 Å². The van der Waals surface area contributed by atoms with E-state index in [0.29, 0.717) is 17.7 Å². The van der Waals surface area contributed by atoms with Crippen molar-refractivity contribution >= 4 is 11.6 Å². The number of phenolic OH excluding ortho intramolecular Hbond substituents is 3. The Morgan fingerprint density at radius 3 is 2.43 bits per heavy atom. The Bertz CT molecular complexity index is 667. The highest BCUT2D eigenvalue weighted by Crippen LogP contribution is 2.24. The third kappa shape index (κ3) is 3.89. The second kappa shape index (κ2) is 6.17. The number of nitrogens with one attached hydrogen (secondary N) is 1. The molecule has 0 unspecified atom stereocenters. The summed E-state index contributed by atoms with van der Waals surface area (Å²) in [5.41, 5.74) is 2.01. The number of anilines is 1. The van der Waals surface area contributed by atoms with Gasteiger partial charge in [-0.15, -0.1) is 0 Å². The first kappa shape index (κ1) is 14.7. The van der Waals surface area contributed by atoms with E-state index in [1.54, 1.807) is 18.2 Å². The minimum absolute atomic E-state index is 0.0175. The van der Waals surface area contributed by atoms with Gasteiger partial charge in [0.2, 0.25) is 5.91 Å². The van der Waals surface area contributed by atoms with Crippen LogP contribution in [0.25, 0.3) is 0 Å². The molecule has 0 spiro atoms. The first-order valence-electron chi connectivity index (χ1n) is 6.56. The molecule has 5 nitrogen and oxygen atoms in total. The molecule has 2 rings (SSSR count). The summed E-state index contributed by atoms with van der Waals surface area (Å²) in [7, 11) is 0. The van der Waals surface area contributed by atoms with Crippen LogP contribution in [0, 0.1) is 6.92 Å². The number of carbonyl (C=O) groups excluding carboxylic acids is 1. The zero-order valence-corrected chi connectivity index (χ0v) is 11.6. The maximum absolute atomic E-state index is 11.9. The average molecular weight is 287 g/mol. The normalized spacial score (nSPS) is 10.3. The lowest BCUT2D eigenvalue weighted by Gasteiger charge is -2.09. The molecule has 2 aromatic rings. The van der Waals surface area contributed by atoms with Crippen LogP contribution in [0.1, 0.15) is 17.5 Å². The van der Waals surface area contributed by atoms with Crippen LogP contribution in [-0.2, 0) is 11.2 Å². The molecule has 0 saturated carbocycles. The van der Waals surface area contributed by atoms with Gasteiger partial charge in [0.25, 0.3) is 0 Å². The van der Waals surface area contributed by atoms with Crippen LogP contribution in [0.2, 0.25) is 0 Å². The Morgan fingerprint density at radius 2 is 1.71 bits per heavy atom. The second-order valence-electron chi connectivity index (χ2n) is 4.86. The smallest absolute Gasteiger partial charge is 0.224 e. The monoisotopic (exact) mass is 287 g/mol. The Kier molecular flexibility index (Phi) is 4.33. The summed E-state index contributed by atoms with van der Waals surface area (Å²) < 4.78 is 0. The molecule has 0 bridgehead atoms. The van der Waals surface area contributed by atoms with Gasteiger partial charge in [-0.3, -0.25) is 4.79 Å². The molecule has 5 heteroatoms. The highest BCUT2D eigenvalue weighted by Gasteiger charge is 2.08. The zero-order valence-electron chi connectivity index (χ0n) is 11.6. The minimum atomic E-state index is -0.212. The average Bonchev–Trinajstić information content (AvgIpc) is 2.42. The predicted octanol–water partition coefficient (Wildman–Crippen LogP) is 2.68. The predicted molar refractivity (Wildman–Crippen MR) is 79.6 cm³/mol. The fourth-order valence-corrected chi connectivity index (χ4v) is 1.97. The molecule has 0 aromatic heterocycles. The fraction of sp³-hybridized carbons (Fsp3) is 0.188. The molecule has 110 valence electrons. The van der Waals surface area contributed by atoms with Crippen LogP contribution in [0.3, 0.4) is 0 Å². The quantitative estimate of drug-likeness (QED) is 0.696. The van der Waals surface area contributed by atoms with Crippen LogP contribution < -0.4 is 5.32 Å². The molecule has 21 heavy (non-hydrogen) atoms. The summed E-state index contributed by atoms with van der Waals surface area (Å²) in [4.78, 5) is 11.9. The number of hydrogen-bond acceptors (Lipinski definition) is 4. The Labute approximate surface area is 122 Å². The van der Waals surface area contributed by atoms with E-state index < -0.39 is 0 Å². The minimum Gasteiger partial charge on any atom is -0.508 e. The molecule has 1 amide bonds. The lowest BCUT2D eigenvalue weighted by molar-refractivity contribution is -0.116. The number of carbonyl (C=O) groups is 1. The van der Waals surface area contributed by atoms with Gasteiger partial charge in [0.05, 0.1) is 0 Å². The number of rotatable bonds is 4. The van der Waals surface area contributed by atoms with Crippen molar-refractivity contribution in [3.63, 3.8) is 0 Å². The van der Waals surface area contributed by atoms with Gasteiger partial charge in [0.15, 0.2) is 0 Å². The molecule has 2 aromatic carbocycles. The third-order valence-corrected chi connectivity index (χ3v) is 3.19. The third-order valence-electron chi connectivity index (χ3n) is 3.19. The lowest BCUT2D eigenvalue weighted by atomic mass is 10.1. The van der Waals surface area contributed by atoms with Gasteiger partial charge in [-0.2, -0.15) is 0 Å². The number of benzene rings is 2. The maximum Gasteiger partial charge on any atom is 0.224 e. The maximum atomic E-state index is 11.9. The standard InChI is InChI=1S/C16H17NO4/c1-10-2-5-12(18)8-14(10)17-16(21)7-4-11-3-6-13(19)9-15(11)20/h2-3,5-6,8-9,18-20H,4,7H2,1H3,(H,17,21). The Balaban J connectivity index is 1.97. The van der Waals surface area contributed by atoms with Crippen LogP contribution in [0.15, 0.2) is 36.4 Å². The Hall–Kier alpha value is -2.69. The summed E-state index contributed by atoms with van der Waals surface area (Å²) in [5.74, 6) is -0.171. The van der Waals surface area contributed by atoms with Gasteiger partial charge in [-0.05, 0) is 36.6 Å². The van der Waals surface area contributed by atoms with Gasteiger partial charge in [0.1, 0.15) is 17.2 Å². The molecule has 0 aliphatic carbocycles. The molecule has 0 aliphatic heterocycles. The number of aryl methyl sites for hydroxylation is 2. The highest BCUT2D eigenvalue weighted by molar-refractivity contribution is 5.91. The Morgan fingerprint density at radius 1 is 1.05 bits per heavy atom. The molecule has 0 radical (unpaired) electrons. The number of phenols is 3. The van der Waals surface area contributed by atoms with Gasteiger partial charge < -0.3 is 20.6 Å². The molecule has 0 atom stereocenters. The van der Waals surface area contributed by atoms with Crippen molar-refractivity contribution < 1.29 is 20.1 Å².